The molecule has 15 heavy (non-hydrogen) atoms. The zero-order valence-electron chi connectivity index (χ0n) is 8.92. The molecule has 0 aliphatic carbocycles. The Labute approximate surface area is 98.0 Å². The lowest BCUT2D eigenvalue weighted by Crippen LogP contribution is -1.96. The second-order valence-corrected chi connectivity index (χ2v) is 5.07. The molecule has 0 radical (unpaired) electrons. The summed E-state index contributed by atoms with van der Waals surface area (Å²) in [5.74, 6) is 0. The quantitative estimate of drug-likeness (QED) is 0.763. The normalized spacial score (nSPS) is 10.6. The SMILES string of the molecule is Cc1sccc1-c1n[nH]c(=S)c(C)c1C. The Morgan fingerprint density at radius 1 is 1.27 bits per heavy atom. The smallest absolute Gasteiger partial charge is 0.122 e. The van der Waals surface area contributed by atoms with Crippen LogP contribution in [0.3, 0.4) is 0 Å². The highest BCUT2D eigenvalue weighted by Crippen LogP contribution is 2.28. The second-order valence-electron chi connectivity index (χ2n) is 3.54. The number of hydrogen-bond donors (Lipinski definition) is 1. The molecule has 0 saturated heterocycles. The van der Waals surface area contributed by atoms with Crippen LogP contribution >= 0.6 is 23.6 Å². The van der Waals surface area contributed by atoms with Crippen molar-refractivity contribution in [1.29, 1.82) is 0 Å². The lowest BCUT2D eigenvalue weighted by molar-refractivity contribution is 0.986. The molecule has 0 spiro atoms. The van der Waals surface area contributed by atoms with Crippen molar-refractivity contribution < 1.29 is 0 Å². The lowest BCUT2D eigenvalue weighted by Gasteiger charge is -2.06. The van der Waals surface area contributed by atoms with Gasteiger partial charge in [-0.15, -0.1) is 11.3 Å². The van der Waals surface area contributed by atoms with E-state index in [1.165, 1.54) is 16.0 Å². The van der Waals surface area contributed by atoms with Gasteiger partial charge in [0.15, 0.2) is 0 Å². The van der Waals surface area contributed by atoms with Crippen molar-refractivity contribution in [1.82, 2.24) is 10.2 Å². The molecular weight excluding hydrogens is 224 g/mol. The third-order valence-electron chi connectivity index (χ3n) is 2.64. The minimum absolute atomic E-state index is 0.726. The first-order chi connectivity index (χ1) is 7.11. The predicted octanol–water partition coefficient (Wildman–Crippen LogP) is 3.79. The summed E-state index contributed by atoms with van der Waals surface area (Å²) in [7, 11) is 0. The molecule has 2 aromatic heterocycles. The molecule has 2 heterocycles. The van der Waals surface area contributed by atoms with Crippen molar-refractivity contribution in [2.75, 3.05) is 0 Å². The van der Waals surface area contributed by atoms with Crippen LogP contribution in [0.5, 0.6) is 0 Å². The van der Waals surface area contributed by atoms with E-state index in [1.807, 2.05) is 6.92 Å². The summed E-state index contributed by atoms with van der Waals surface area (Å²) in [4.78, 5) is 1.29. The van der Waals surface area contributed by atoms with E-state index in [0.717, 1.165) is 15.9 Å². The molecule has 0 saturated carbocycles. The van der Waals surface area contributed by atoms with E-state index in [9.17, 15) is 0 Å². The lowest BCUT2D eigenvalue weighted by atomic mass is 10.1. The summed E-state index contributed by atoms with van der Waals surface area (Å²) in [6.07, 6.45) is 0. The molecule has 0 aromatic carbocycles. The number of aryl methyl sites for hydroxylation is 1. The van der Waals surface area contributed by atoms with Gasteiger partial charge in [0.05, 0.1) is 5.69 Å². The first-order valence-corrected chi connectivity index (χ1v) is 6.00. The standard InChI is InChI=1S/C11H12N2S2/c1-6-7(2)11(14)13-12-10(6)9-4-5-15-8(9)3/h4-5H,1-3H3,(H,13,14). The van der Waals surface area contributed by atoms with Crippen molar-refractivity contribution in [3.05, 3.63) is 32.1 Å². The summed E-state index contributed by atoms with van der Waals surface area (Å²) in [6, 6.07) is 2.10. The summed E-state index contributed by atoms with van der Waals surface area (Å²) >= 11 is 6.89. The van der Waals surface area contributed by atoms with E-state index >= 15 is 0 Å². The molecule has 1 N–H and O–H groups in total. The number of aromatic amines is 1. The monoisotopic (exact) mass is 236 g/mol. The van der Waals surface area contributed by atoms with E-state index < -0.39 is 0 Å². The van der Waals surface area contributed by atoms with Gasteiger partial charge in [-0.05, 0) is 43.3 Å². The molecule has 0 amide bonds. The van der Waals surface area contributed by atoms with Crippen LogP contribution < -0.4 is 0 Å². The van der Waals surface area contributed by atoms with Crippen LogP contribution in [0.25, 0.3) is 11.3 Å². The van der Waals surface area contributed by atoms with Gasteiger partial charge in [0, 0.05) is 10.4 Å². The van der Waals surface area contributed by atoms with Gasteiger partial charge < -0.3 is 0 Å². The van der Waals surface area contributed by atoms with E-state index in [0.29, 0.717) is 0 Å². The van der Waals surface area contributed by atoms with Gasteiger partial charge >= 0.3 is 0 Å². The largest absolute Gasteiger partial charge is 0.267 e. The highest BCUT2D eigenvalue weighted by atomic mass is 32.1. The number of nitrogens with zero attached hydrogens (tertiary/aromatic N) is 1. The van der Waals surface area contributed by atoms with E-state index in [-0.39, 0.29) is 0 Å². The minimum Gasteiger partial charge on any atom is -0.267 e. The summed E-state index contributed by atoms with van der Waals surface area (Å²) in [5, 5.41) is 9.30. The molecule has 78 valence electrons. The molecule has 0 bridgehead atoms. The average Bonchev–Trinajstić information content (AvgIpc) is 2.62. The first kappa shape index (κ1) is 10.5. The summed E-state index contributed by atoms with van der Waals surface area (Å²) < 4.78 is 0.726. The third-order valence-corrected chi connectivity index (χ3v) is 3.88. The average molecular weight is 236 g/mol. The fraction of sp³-hybridized carbons (Fsp3) is 0.273. The number of H-pyrrole nitrogens is 1. The van der Waals surface area contributed by atoms with Crippen molar-refractivity contribution in [2.24, 2.45) is 0 Å². The number of nitrogens with one attached hydrogen (secondary N) is 1. The Balaban J connectivity index is 2.70. The van der Waals surface area contributed by atoms with E-state index in [2.05, 4.69) is 35.5 Å². The van der Waals surface area contributed by atoms with Crippen LogP contribution in [-0.4, -0.2) is 10.2 Å². The number of aromatic nitrogens is 2. The van der Waals surface area contributed by atoms with Gasteiger partial charge in [0.25, 0.3) is 0 Å². The molecule has 0 atom stereocenters. The molecule has 4 heteroatoms. The van der Waals surface area contributed by atoms with Crippen LogP contribution in [0.2, 0.25) is 0 Å². The van der Waals surface area contributed by atoms with E-state index in [1.54, 1.807) is 11.3 Å². The third kappa shape index (κ3) is 1.75. The minimum atomic E-state index is 0.726. The number of thiophene rings is 1. The van der Waals surface area contributed by atoms with Crippen molar-refractivity contribution in [2.45, 2.75) is 20.8 Å². The van der Waals surface area contributed by atoms with Crippen molar-refractivity contribution in [3.8, 4) is 11.3 Å². The van der Waals surface area contributed by atoms with Gasteiger partial charge in [-0.3, -0.25) is 5.10 Å². The maximum atomic E-state index is 5.15. The van der Waals surface area contributed by atoms with Crippen LogP contribution in [0.4, 0.5) is 0 Å². The summed E-state index contributed by atoms with van der Waals surface area (Å²) in [6.45, 7) is 6.21. The predicted molar refractivity (Wildman–Crippen MR) is 66.9 cm³/mol. The Bertz CT molecular complexity index is 552. The highest BCUT2D eigenvalue weighted by molar-refractivity contribution is 7.71. The molecule has 2 rings (SSSR count). The fourth-order valence-corrected chi connectivity index (χ4v) is 2.41. The van der Waals surface area contributed by atoms with Crippen molar-refractivity contribution >= 4 is 23.6 Å². The van der Waals surface area contributed by atoms with Gasteiger partial charge in [-0.1, -0.05) is 12.2 Å². The van der Waals surface area contributed by atoms with Crippen molar-refractivity contribution in [3.63, 3.8) is 0 Å². The number of rotatable bonds is 1. The maximum absolute atomic E-state index is 5.15. The first-order valence-electron chi connectivity index (χ1n) is 4.71. The molecule has 2 nitrogen and oxygen atoms in total. The van der Waals surface area contributed by atoms with Crippen LogP contribution in [0.15, 0.2) is 11.4 Å². The highest BCUT2D eigenvalue weighted by Gasteiger charge is 2.10. The second kappa shape index (κ2) is 3.87. The summed E-state index contributed by atoms with van der Waals surface area (Å²) in [5.41, 5.74) is 4.49. The molecule has 0 unspecified atom stereocenters. The molecule has 0 aliphatic heterocycles. The van der Waals surface area contributed by atoms with Gasteiger partial charge in [0.2, 0.25) is 0 Å². The topological polar surface area (TPSA) is 28.7 Å². The zero-order valence-corrected chi connectivity index (χ0v) is 10.6. The van der Waals surface area contributed by atoms with Gasteiger partial charge in [-0.2, -0.15) is 5.10 Å². The molecule has 0 aliphatic rings. The van der Waals surface area contributed by atoms with Crippen LogP contribution in [-0.2, 0) is 0 Å². The molecular formula is C11H12N2S2. The number of hydrogen-bond acceptors (Lipinski definition) is 3. The van der Waals surface area contributed by atoms with E-state index in [4.69, 9.17) is 12.2 Å². The van der Waals surface area contributed by atoms with Gasteiger partial charge in [0.1, 0.15) is 4.64 Å². The fourth-order valence-electron chi connectivity index (χ4n) is 1.52. The Kier molecular flexibility index (Phi) is 2.71. The Morgan fingerprint density at radius 3 is 2.60 bits per heavy atom. The molecule has 2 aromatic rings. The van der Waals surface area contributed by atoms with Gasteiger partial charge in [-0.25, -0.2) is 0 Å². The Hall–Kier alpha value is -1.00. The zero-order chi connectivity index (χ0) is 11.0. The molecule has 0 fully saturated rings. The van der Waals surface area contributed by atoms with Crippen LogP contribution in [0.1, 0.15) is 16.0 Å². The van der Waals surface area contributed by atoms with Crippen LogP contribution in [0, 0.1) is 25.4 Å². The maximum Gasteiger partial charge on any atom is 0.122 e. The Morgan fingerprint density at radius 2 is 2.00 bits per heavy atom.